The number of rotatable bonds is 6. The Bertz CT molecular complexity index is 362. The molecule has 0 saturated heterocycles. The first-order chi connectivity index (χ1) is 8.44. The molecule has 0 aliphatic heterocycles. The largest absolute Gasteiger partial charge is 0.389 e. The molecule has 5 heteroatoms. The summed E-state index contributed by atoms with van der Waals surface area (Å²) in [6, 6.07) is 5.36. The zero-order valence-electron chi connectivity index (χ0n) is 10.2. The van der Waals surface area contributed by atoms with Crippen LogP contribution >= 0.6 is 0 Å². The minimum atomic E-state index is -4.21. The van der Waals surface area contributed by atoms with Gasteiger partial charge in [0, 0.05) is 18.0 Å². The molecule has 0 aliphatic rings. The number of nitrogens with one attached hydrogen (secondary N) is 1. The average molecular weight is 263 g/mol. The van der Waals surface area contributed by atoms with Crippen LogP contribution in [0.25, 0.3) is 0 Å². The van der Waals surface area contributed by atoms with Crippen molar-refractivity contribution in [2.24, 2.45) is 0 Å². The highest BCUT2D eigenvalue weighted by atomic mass is 19.4. The Labute approximate surface area is 104 Å². The van der Waals surface area contributed by atoms with Crippen LogP contribution in [0.1, 0.15) is 37.8 Å². The second-order valence-corrected chi connectivity index (χ2v) is 4.18. The van der Waals surface area contributed by atoms with Crippen LogP contribution in [0.3, 0.4) is 0 Å². The maximum absolute atomic E-state index is 13.6. The van der Waals surface area contributed by atoms with Gasteiger partial charge in [0.25, 0.3) is 0 Å². The van der Waals surface area contributed by atoms with Gasteiger partial charge < -0.3 is 5.32 Å². The molecule has 0 spiro atoms. The van der Waals surface area contributed by atoms with E-state index in [1.165, 1.54) is 18.2 Å². The van der Waals surface area contributed by atoms with Gasteiger partial charge in [-0.05, 0) is 25.5 Å². The number of alkyl halides is 3. The summed E-state index contributed by atoms with van der Waals surface area (Å²) in [5, 5.41) is 2.96. The number of benzene rings is 1. The monoisotopic (exact) mass is 263 g/mol. The molecule has 1 nitrogen and oxygen atoms in total. The SMILES string of the molecule is CCCNC(CCC(F)(F)F)c1ccccc1F. The molecule has 0 aromatic heterocycles. The Morgan fingerprint density at radius 2 is 1.89 bits per heavy atom. The summed E-state index contributed by atoms with van der Waals surface area (Å²) in [6.45, 7) is 2.48. The lowest BCUT2D eigenvalue weighted by molar-refractivity contribution is -0.136. The average Bonchev–Trinajstić information content (AvgIpc) is 2.29. The van der Waals surface area contributed by atoms with Crippen LogP contribution in [-0.4, -0.2) is 12.7 Å². The second-order valence-electron chi connectivity index (χ2n) is 4.18. The van der Waals surface area contributed by atoms with Crippen LogP contribution in [0.15, 0.2) is 24.3 Å². The fourth-order valence-electron chi connectivity index (χ4n) is 1.75. The van der Waals surface area contributed by atoms with E-state index in [-0.39, 0.29) is 6.42 Å². The van der Waals surface area contributed by atoms with Crippen molar-refractivity contribution in [2.75, 3.05) is 6.54 Å². The van der Waals surface area contributed by atoms with Gasteiger partial charge in [0.05, 0.1) is 0 Å². The maximum Gasteiger partial charge on any atom is 0.389 e. The van der Waals surface area contributed by atoms with Gasteiger partial charge in [-0.3, -0.25) is 0 Å². The van der Waals surface area contributed by atoms with Crippen molar-refractivity contribution in [2.45, 2.75) is 38.4 Å². The van der Waals surface area contributed by atoms with Crippen molar-refractivity contribution in [1.82, 2.24) is 5.32 Å². The molecule has 0 fully saturated rings. The molecule has 0 aliphatic carbocycles. The highest BCUT2D eigenvalue weighted by molar-refractivity contribution is 5.21. The van der Waals surface area contributed by atoms with E-state index in [9.17, 15) is 17.6 Å². The van der Waals surface area contributed by atoms with Crippen LogP contribution in [0, 0.1) is 5.82 Å². The molecule has 0 bridgehead atoms. The van der Waals surface area contributed by atoms with E-state index >= 15 is 0 Å². The van der Waals surface area contributed by atoms with Crippen LogP contribution in [0.5, 0.6) is 0 Å². The molecular weight excluding hydrogens is 246 g/mol. The molecule has 1 rings (SSSR count). The quantitative estimate of drug-likeness (QED) is 0.758. The van der Waals surface area contributed by atoms with E-state index in [4.69, 9.17) is 0 Å². The van der Waals surface area contributed by atoms with E-state index in [0.29, 0.717) is 12.1 Å². The van der Waals surface area contributed by atoms with Gasteiger partial charge in [0.15, 0.2) is 0 Å². The van der Waals surface area contributed by atoms with E-state index in [2.05, 4.69) is 5.32 Å². The van der Waals surface area contributed by atoms with Gasteiger partial charge in [-0.15, -0.1) is 0 Å². The maximum atomic E-state index is 13.6. The Morgan fingerprint density at radius 3 is 2.44 bits per heavy atom. The molecule has 102 valence electrons. The van der Waals surface area contributed by atoms with E-state index in [1.54, 1.807) is 6.07 Å². The molecule has 1 N–H and O–H groups in total. The van der Waals surface area contributed by atoms with Crippen molar-refractivity contribution in [3.8, 4) is 0 Å². The predicted octanol–water partition coefficient (Wildman–Crippen LogP) is 4.21. The summed E-state index contributed by atoms with van der Waals surface area (Å²) in [6.07, 6.45) is -4.48. The van der Waals surface area contributed by atoms with Crippen LogP contribution in [0.2, 0.25) is 0 Å². The second kappa shape index (κ2) is 6.73. The highest BCUT2D eigenvalue weighted by Gasteiger charge is 2.29. The molecule has 1 aromatic carbocycles. The minimum absolute atomic E-state index is 0.148. The van der Waals surface area contributed by atoms with Crippen LogP contribution in [0.4, 0.5) is 17.6 Å². The van der Waals surface area contributed by atoms with E-state index < -0.39 is 24.5 Å². The van der Waals surface area contributed by atoms with Crippen LogP contribution < -0.4 is 5.32 Å². The lowest BCUT2D eigenvalue weighted by Gasteiger charge is -2.20. The third kappa shape index (κ3) is 5.04. The Balaban J connectivity index is 2.75. The van der Waals surface area contributed by atoms with E-state index in [1.807, 2.05) is 6.92 Å². The van der Waals surface area contributed by atoms with Crippen molar-refractivity contribution >= 4 is 0 Å². The van der Waals surface area contributed by atoms with Gasteiger partial charge in [-0.1, -0.05) is 25.1 Å². The molecule has 0 radical (unpaired) electrons. The molecule has 1 unspecified atom stereocenters. The van der Waals surface area contributed by atoms with Crippen LogP contribution in [-0.2, 0) is 0 Å². The van der Waals surface area contributed by atoms with Gasteiger partial charge >= 0.3 is 6.18 Å². The van der Waals surface area contributed by atoms with Gasteiger partial charge in [0.1, 0.15) is 5.82 Å². The zero-order chi connectivity index (χ0) is 13.6. The van der Waals surface area contributed by atoms with Gasteiger partial charge in [-0.25, -0.2) is 4.39 Å². The van der Waals surface area contributed by atoms with Gasteiger partial charge in [0.2, 0.25) is 0 Å². The smallest absolute Gasteiger partial charge is 0.310 e. The van der Waals surface area contributed by atoms with Crippen molar-refractivity contribution in [1.29, 1.82) is 0 Å². The molecule has 0 heterocycles. The lowest BCUT2D eigenvalue weighted by atomic mass is 10.0. The predicted molar refractivity (Wildman–Crippen MR) is 62.7 cm³/mol. The molecule has 0 saturated carbocycles. The Morgan fingerprint density at radius 1 is 1.22 bits per heavy atom. The topological polar surface area (TPSA) is 12.0 Å². The summed E-state index contributed by atoms with van der Waals surface area (Å²) in [4.78, 5) is 0. The molecular formula is C13H17F4N. The van der Waals surface area contributed by atoms with E-state index in [0.717, 1.165) is 6.42 Å². The third-order valence-electron chi connectivity index (χ3n) is 2.64. The normalized spacial score (nSPS) is 13.6. The fourth-order valence-corrected chi connectivity index (χ4v) is 1.75. The van der Waals surface area contributed by atoms with Gasteiger partial charge in [-0.2, -0.15) is 13.2 Å². The molecule has 1 atom stereocenters. The first-order valence-electron chi connectivity index (χ1n) is 5.98. The summed E-state index contributed by atoms with van der Waals surface area (Å²) < 4.78 is 50.3. The molecule has 18 heavy (non-hydrogen) atoms. The van der Waals surface area contributed by atoms with Crippen molar-refractivity contribution in [3.63, 3.8) is 0 Å². The number of halogens is 4. The first kappa shape index (κ1) is 15.0. The summed E-state index contributed by atoms with van der Waals surface area (Å²) >= 11 is 0. The number of hydrogen-bond acceptors (Lipinski definition) is 1. The first-order valence-corrected chi connectivity index (χ1v) is 5.98. The highest BCUT2D eigenvalue weighted by Crippen LogP contribution is 2.28. The fraction of sp³-hybridized carbons (Fsp3) is 0.538. The summed E-state index contributed by atoms with van der Waals surface area (Å²) in [5.41, 5.74) is 0.301. The summed E-state index contributed by atoms with van der Waals surface area (Å²) in [7, 11) is 0. The number of hydrogen-bond donors (Lipinski definition) is 1. The molecule has 0 amide bonds. The summed E-state index contributed by atoms with van der Waals surface area (Å²) in [5.74, 6) is -0.465. The molecule has 1 aromatic rings. The Kier molecular flexibility index (Phi) is 5.59. The standard InChI is InChI=1S/C13H17F4N/c1-2-9-18-12(7-8-13(15,16)17)10-5-3-4-6-11(10)14/h3-6,12,18H,2,7-9H2,1H3. The lowest BCUT2D eigenvalue weighted by Crippen LogP contribution is -2.25. The van der Waals surface area contributed by atoms with Crippen molar-refractivity contribution in [3.05, 3.63) is 35.6 Å². The minimum Gasteiger partial charge on any atom is -0.310 e. The Hall–Kier alpha value is -1.10. The zero-order valence-corrected chi connectivity index (χ0v) is 10.2. The third-order valence-corrected chi connectivity index (χ3v) is 2.64. The van der Waals surface area contributed by atoms with Crippen molar-refractivity contribution < 1.29 is 17.6 Å².